The predicted molar refractivity (Wildman–Crippen MR) is 70.6 cm³/mol. The average Bonchev–Trinajstić information content (AvgIpc) is 2.21. The van der Waals surface area contributed by atoms with Crippen LogP contribution in [0.15, 0.2) is 12.0 Å². The summed E-state index contributed by atoms with van der Waals surface area (Å²) < 4.78 is 28.8. The lowest BCUT2D eigenvalue weighted by molar-refractivity contribution is 0.0527. The lowest BCUT2D eigenvalue weighted by atomic mass is 10.2. The molecule has 0 spiro atoms. The number of nitrogens with zero attached hydrogens (tertiary/aromatic N) is 1. The van der Waals surface area contributed by atoms with Crippen LogP contribution in [0.4, 0.5) is 4.79 Å². The van der Waals surface area contributed by atoms with Gasteiger partial charge in [0.05, 0.1) is 0 Å². The predicted octanol–water partition coefficient (Wildman–Crippen LogP) is 1.31. The fraction of sp³-hybridized carbons (Fsp3) is 0.727. The fourth-order valence-electron chi connectivity index (χ4n) is 1.06. The Morgan fingerprint density at radius 1 is 1.44 bits per heavy atom. The van der Waals surface area contributed by atoms with Crippen LogP contribution in [-0.2, 0) is 14.8 Å². The van der Waals surface area contributed by atoms with Crippen LogP contribution >= 0.6 is 0 Å². The van der Waals surface area contributed by atoms with Gasteiger partial charge in [-0.1, -0.05) is 6.58 Å². The van der Waals surface area contributed by atoms with Gasteiger partial charge in [0, 0.05) is 25.5 Å². The van der Waals surface area contributed by atoms with Crippen LogP contribution in [0.3, 0.4) is 0 Å². The molecule has 7 heteroatoms. The van der Waals surface area contributed by atoms with Gasteiger partial charge in [-0.3, -0.25) is 0 Å². The van der Waals surface area contributed by atoms with E-state index < -0.39 is 21.7 Å². The fourth-order valence-corrected chi connectivity index (χ4v) is 1.70. The summed E-state index contributed by atoms with van der Waals surface area (Å²) in [6.45, 7) is 9.22. The van der Waals surface area contributed by atoms with Gasteiger partial charge in [0.25, 0.3) is 0 Å². The lowest BCUT2D eigenvalue weighted by Crippen LogP contribution is -2.34. The SMILES string of the molecule is C=CS(=O)(=O)N(C)CCCNC(=O)OC(C)(C)C. The zero-order valence-electron chi connectivity index (χ0n) is 11.4. The largest absolute Gasteiger partial charge is 0.444 e. The number of ether oxygens (including phenoxy) is 1. The second-order valence-electron chi connectivity index (χ2n) is 4.82. The summed E-state index contributed by atoms with van der Waals surface area (Å²) in [5, 5.41) is 3.45. The van der Waals surface area contributed by atoms with Crippen molar-refractivity contribution >= 4 is 16.1 Å². The number of nitrogens with one attached hydrogen (secondary N) is 1. The van der Waals surface area contributed by atoms with Crippen LogP contribution in [-0.4, -0.2) is 44.6 Å². The van der Waals surface area contributed by atoms with Crippen LogP contribution in [0.25, 0.3) is 0 Å². The van der Waals surface area contributed by atoms with E-state index in [-0.39, 0.29) is 0 Å². The number of hydrogen-bond donors (Lipinski definition) is 1. The van der Waals surface area contributed by atoms with Gasteiger partial charge in [-0.05, 0) is 27.2 Å². The van der Waals surface area contributed by atoms with Crippen LogP contribution in [0.5, 0.6) is 0 Å². The van der Waals surface area contributed by atoms with Gasteiger partial charge in [-0.15, -0.1) is 0 Å². The molecule has 0 rings (SSSR count). The Hall–Kier alpha value is -1.08. The average molecular weight is 278 g/mol. The molecule has 0 aliphatic carbocycles. The number of carbonyl (C=O) groups excluding carboxylic acids is 1. The first kappa shape index (κ1) is 16.9. The van der Waals surface area contributed by atoms with Crippen molar-refractivity contribution in [2.45, 2.75) is 32.8 Å². The summed E-state index contributed by atoms with van der Waals surface area (Å²) in [4.78, 5) is 11.3. The number of sulfonamides is 1. The number of carbonyl (C=O) groups is 1. The summed E-state index contributed by atoms with van der Waals surface area (Å²) in [7, 11) is -1.91. The van der Waals surface area contributed by atoms with E-state index in [1.807, 2.05) is 0 Å². The van der Waals surface area contributed by atoms with Crippen LogP contribution in [0.2, 0.25) is 0 Å². The third-order valence-corrected chi connectivity index (χ3v) is 3.44. The Morgan fingerprint density at radius 2 is 2.00 bits per heavy atom. The normalized spacial score (nSPS) is 12.3. The molecule has 0 heterocycles. The Bertz CT molecular complexity index is 384. The highest BCUT2D eigenvalue weighted by Gasteiger charge is 2.16. The molecular formula is C11H22N2O4S. The summed E-state index contributed by atoms with van der Waals surface area (Å²) in [5.74, 6) is 0. The molecule has 0 aliphatic heterocycles. The van der Waals surface area contributed by atoms with E-state index in [9.17, 15) is 13.2 Å². The second kappa shape index (κ2) is 6.75. The van der Waals surface area contributed by atoms with Gasteiger partial charge in [-0.25, -0.2) is 17.5 Å². The first-order valence-electron chi connectivity index (χ1n) is 5.64. The van der Waals surface area contributed by atoms with E-state index in [4.69, 9.17) is 4.74 Å². The number of amides is 1. The maximum Gasteiger partial charge on any atom is 0.407 e. The van der Waals surface area contributed by atoms with E-state index in [2.05, 4.69) is 11.9 Å². The zero-order valence-corrected chi connectivity index (χ0v) is 12.2. The van der Waals surface area contributed by atoms with Gasteiger partial charge in [0.2, 0.25) is 10.0 Å². The van der Waals surface area contributed by atoms with Crippen molar-refractivity contribution in [1.29, 1.82) is 0 Å². The highest BCUT2D eigenvalue weighted by Crippen LogP contribution is 2.06. The molecule has 0 bridgehead atoms. The van der Waals surface area contributed by atoms with Crippen LogP contribution in [0.1, 0.15) is 27.2 Å². The molecule has 0 atom stereocenters. The highest BCUT2D eigenvalue weighted by molar-refractivity contribution is 7.91. The molecule has 106 valence electrons. The van der Waals surface area contributed by atoms with Crippen molar-refractivity contribution in [3.05, 3.63) is 12.0 Å². The summed E-state index contributed by atoms with van der Waals surface area (Å²) in [6.07, 6.45) is -0.000236. The van der Waals surface area contributed by atoms with Crippen molar-refractivity contribution in [1.82, 2.24) is 9.62 Å². The minimum atomic E-state index is -3.37. The topological polar surface area (TPSA) is 75.7 Å². The Balaban J connectivity index is 3.88. The smallest absolute Gasteiger partial charge is 0.407 e. The van der Waals surface area contributed by atoms with E-state index in [1.165, 1.54) is 11.4 Å². The van der Waals surface area contributed by atoms with Crippen molar-refractivity contribution in [2.75, 3.05) is 20.1 Å². The molecule has 0 aromatic carbocycles. The first-order chi connectivity index (χ1) is 8.08. The van der Waals surface area contributed by atoms with E-state index >= 15 is 0 Å². The van der Waals surface area contributed by atoms with Gasteiger partial charge >= 0.3 is 6.09 Å². The molecule has 6 nitrogen and oxygen atoms in total. The lowest BCUT2D eigenvalue weighted by Gasteiger charge is -2.20. The molecule has 0 unspecified atom stereocenters. The monoisotopic (exact) mass is 278 g/mol. The van der Waals surface area contributed by atoms with Crippen molar-refractivity contribution in [2.24, 2.45) is 0 Å². The summed E-state index contributed by atoms with van der Waals surface area (Å²) >= 11 is 0. The molecule has 0 radical (unpaired) electrons. The second-order valence-corrected chi connectivity index (χ2v) is 6.80. The van der Waals surface area contributed by atoms with Gasteiger partial charge in [0.15, 0.2) is 0 Å². The third kappa shape index (κ3) is 7.29. The Kier molecular flexibility index (Phi) is 6.34. The van der Waals surface area contributed by atoms with E-state index in [0.717, 1.165) is 5.41 Å². The van der Waals surface area contributed by atoms with Gasteiger partial charge < -0.3 is 10.1 Å². The zero-order chi connectivity index (χ0) is 14.4. The summed E-state index contributed by atoms with van der Waals surface area (Å²) in [5.41, 5.74) is -0.535. The van der Waals surface area contributed by atoms with Gasteiger partial charge in [-0.2, -0.15) is 0 Å². The van der Waals surface area contributed by atoms with Crippen molar-refractivity contribution in [3.8, 4) is 0 Å². The maximum atomic E-state index is 11.3. The molecule has 0 aliphatic rings. The quantitative estimate of drug-likeness (QED) is 0.743. The third-order valence-electron chi connectivity index (χ3n) is 1.96. The molecule has 1 N–H and O–H groups in total. The summed E-state index contributed by atoms with van der Waals surface area (Å²) in [6, 6.07) is 0. The minimum Gasteiger partial charge on any atom is -0.444 e. The number of alkyl carbamates (subject to hydrolysis) is 1. The Labute approximate surface area is 109 Å². The molecule has 1 amide bonds. The molecule has 0 saturated heterocycles. The molecular weight excluding hydrogens is 256 g/mol. The molecule has 0 aromatic heterocycles. The van der Waals surface area contributed by atoms with E-state index in [1.54, 1.807) is 20.8 Å². The minimum absolute atomic E-state index is 0.310. The molecule has 0 saturated carbocycles. The van der Waals surface area contributed by atoms with Crippen molar-refractivity contribution in [3.63, 3.8) is 0 Å². The van der Waals surface area contributed by atoms with Gasteiger partial charge in [0.1, 0.15) is 5.60 Å². The Morgan fingerprint density at radius 3 is 2.44 bits per heavy atom. The molecule has 0 aromatic rings. The maximum absolute atomic E-state index is 11.3. The van der Waals surface area contributed by atoms with E-state index in [0.29, 0.717) is 19.5 Å². The molecule has 18 heavy (non-hydrogen) atoms. The standard InChI is InChI=1S/C11H22N2O4S/c1-6-18(15,16)13(5)9-7-8-12-10(14)17-11(2,3)4/h6H,1,7-9H2,2-5H3,(H,12,14). The van der Waals surface area contributed by atoms with Crippen LogP contribution in [0, 0.1) is 0 Å². The number of rotatable bonds is 6. The van der Waals surface area contributed by atoms with Crippen molar-refractivity contribution < 1.29 is 17.9 Å². The first-order valence-corrected chi connectivity index (χ1v) is 7.14. The van der Waals surface area contributed by atoms with Crippen LogP contribution < -0.4 is 5.32 Å². The molecule has 0 fully saturated rings. The number of hydrogen-bond acceptors (Lipinski definition) is 4. The highest BCUT2D eigenvalue weighted by atomic mass is 32.2.